The molecule has 0 radical (unpaired) electrons. The van der Waals surface area contributed by atoms with Gasteiger partial charge in [-0.05, 0) is 24.3 Å². The highest BCUT2D eigenvalue weighted by atomic mass is 16.1. The lowest BCUT2D eigenvalue weighted by atomic mass is 10.0. The number of carbonyl (C=O) groups is 2. The summed E-state index contributed by atoms with van der Waals surface area (Å²) in [6, 6.07) is 25.7. The molecule has 2 N–H and O–H groups in total. The number of anilines is 1. The molecule has 3 aromatic rings. The van der Waals surface area contributed by atoms with Crippen LogP contribution in [-0.2, 0) is 0 Å². The molecule has 0 aliphatic heterocycles. The summed E-state index contributed by atoms with van der Waals surface area (Å²) in [5.41, 5.74) is 2.66. The molecule has 0 aromatic heterocycles. The molecule has 0 aliphatic carbocycles. The Morgan fingerprint density at radius 1 is 0.654 bits per heavy atom. The number of carbonyl (C=O) groups excluding carboxylic acids is 2. The molecule has 0 unspecified atom stereocenters. The van der Waals surface area contributed by atoms with Gasteiger partial charge in [-0.1, -0.05) is 60.7 Å². The van der Waals surface area contributed by atoms with E-state index < -0.39 is 0 Å². The number of hydrogen-bond acceptors (Lipinski definition) is 3. The van der Waals surface area contributed by atoms with Crippen molar-refractivity contribution in [1.29, 1.82) is 0 Å². The van der Waals surface area contributed by atoms with Crippen LogP contribution in [-0.4, -0.2) is 24.8 Å². The van der Waals surface area contributed by atoms with E-state index in [-0.39, 0.29) is 11.7 Å². The van der Waals surface area contributed by atoms with Crippen LogP contribution in [0.2, 0.25) is 0 Å². The zero-order chi connectivity index (χ0) is 18.2. The summed E-state index contributed by atoms with van der Waals surface area (Å²) in [5.74, 6) is -0.136. The Balaban J connectivity index is 1.59. The molecule has 3 aromatic carbocycles. The molecule has 1 amide bonds. The first kappa shape index (κ1) is 17.4. The molecular weight excluding hydrogens is 324 g/mol. The first-order chi connectivity index (χ1) is 12.8. The summed E-state index contributed by atoms with van der Waals surface area (Å²) in [7, 11) is 0. The number of benzene rings is 3. The Morgan fingerprint density at radius 2 is 1.23 bits per heavy atom. The molecule has 0 saturated heterocycles. The fraction of sp³-hybridized carbons (Fsp3) is 0.0909. The van der Waals surface area contributed by atoms with Crippen LogP contribution < -0.4 is 10.6 Å². The summed E-state index contributed by atoms with van der Waals surface area (Å²) in [5, 5.41) is 6.10. The molecule has 0 heterocycles. The summed E-state index contributed by atoms with van der Waals surface area (Å²) in [6.07, 6.45) is 0. The minimum atomic E-state index is -0.110. The van der Waals surface area contributed by atoms with Gasteiger partial charge in [-0.25, -0.2) is 0 Å². The van der Waals surface area contributed by atoms with Gasteiger partial charge in [-0.15, -0.1) is 0 Å². The van der Waals surface area contributed by atoms with E-state index in [0.717, 1.165) is 5.69 Å². The van der Waals surface area contributed by atoms with Gasteiger partial charge < -0.3 is 10.6 Å². The minimum absolute atomic E-state index is 0.0259. The lowest BCUT2D eigenvalue weighted by Crippen LogP contribution is -2.29. The molecule has 4 nitrogen and oxygen atoms in total. The molecule has 0 atom stereocenters. The Kier molecular flexibility index (Phi) is 5.78. The Labute approximate surface area is 152 Å². The van der Waals surface area contributed by atoms with E-state index in [1.165, 1.54) is 0 Å². The Bertz CT molecular complexity index is 877. The molecule has 0 bridgehead atoms. The van der Waals surface area contributed by atoms with Gasteiger partial charge in [-0.2, -0.15) is 0 Å². The molecule has 4 heteroatoms. The summed E-state index contributed by atoms with van der Waals surface area (Å²) in [4.78, 5) is 24.7. The molecule has 26 heavy (non-hydrogen) atoms. The van der Waals surface area contributed by atoms with Gasteiger partial charge in [0.25, 0.3) is 5.91 Å². The number of hydrogen-bond donors (Lipinski definition) is 2. The predicted octanol–water partition coefficient (Wildman–Crippen LogP) is 3.76. The predicted molar refractivity (Wildman–Crippen MR) is 104 cm³/mol. The van der Waals surface area contributed by atoms with Gasteiger partial charge in [-0.3, -0.25) is 9.59 Å². The highest BCUT2D eigenvalue weighted by molar-refractivity contribution is 6.12. The van der Waals surface area contributed by atoms with Gasteiger partial charge in [0.05, 0.1) is 0 Å². The normalized spacial score (nSPS) is 10.2. The molecule has 130 valence electrons. The average Bonchev–Trinajstić information content (AvgIpc) is 2.72. The van der Waals surface area contributed by atoms with Gasteiger partial charge in [0.1, 0.15) is 0 Å². The zero-order valence-electron chi connectivity index (χ0n) is 14.3. The van der Waals surface area contributed by atoms with Crippen LogP contribution in [0.3, 0.4) is 0 Å². The SMILES string of the molecule is O=C(NCCNc1ccccc1C(=O)c1ccccc1)c1ccccc1. The van der Waals surface area contributed by atoms with Crippen molar-refractivity contribution in [3.8, 4) is 0 Å². The van der Waals surface area contributed by atoms with Crippen LogP contribution in [0, 0.1) is 0 Å². The summed E-state index contributed by atoms with van der Waals surface area (Å²) >= 11 is 0. The van der Waals surface area contributed by atoms with Crippen molar-refractivity contribution in [2.75, 3.05) is 18.4 Å². The molecule has 0 spiro atoms. The van der Waals surface area contributed by atoms with E-state index in [0.29, 0.717) is 29.8 Å². The van der Waals surface area contributed by atoms with Crippen LogP contribution in [0.5, 0.6) is 0 Å². The smallest absolute Gasteiger partial charge is 0.251 e. The van der Waals surface area contributed by atoms with Crippen LogP contribution >= 0.6 is 0 Å². The molecule has 0 fully saturated rings. The third kappa shape index (κ3) is 4.36. The maximum absolute atomic E-state index is 12.7. The summed E-state index contributed by atoms with van der Waals surface area (Å²) < 4.78 is 0. The van der Waals surface area contributed by atoms with Crippen LogP contribution in [0.25, 0.3) is 0 Å². The van der Waals surface area contributed by atoms with E-state index in [1.54, 1.807) is 30.3 Å². The number of amides is 1. The number of rotatable bonds is 7. The van der Waals surface area contributed by atoms with E-state index in [4.69, 9.17) is 0 Å². The van der Waals surface area contributed by atoms with E-state index >= 15 is 0 Å². The first-order valence-electron chi connectivity index (χ1n) is 8.51. The highest BCUT2D eigenvalue weighted by Gasteiger charge is 2.12. The second-order valence-corrected chi connectivity index (χ2v) is 5.79. The fourth-order valence-electron chi connectivity index (χ4n) is 2.65. The molecule has 0 saturated carbocycles. The van der Waals surface area contributed by atoms with Crippen molar-refractivity contribution in [3.63, 3.8) is 0 Å². The van der Waals surface area contributed by atoms with E-state index in [1.807, 2.05) is 54.6 Å². The van der Waals surface area contributed by atoms with E-state index in [9.17, 15) is 9.59 Å². The standard InChI is InChI=1S/C22H20N2O2/c25-21(17-9-3-1-4-10-17)19-13-7-8-14-20(19)23-15-16-24-22(26)18-11-5-2-6-12-18/h1-14,23H,15-16H2,(H,24,26). The van der Waals surface area contributed by atoms with Crippen LogP contribution in [0.15, 0.2) is 84.9 Å². The van der Waals surface area contributed by atoms with Crippen molar-refractivity contribution >= 4 is 17.4 Å². The Hall–Kier alpha value is -3.40. The third-order valence-corrected chi connectivity index (χ3v) is 3.97. The highest BCUT2D eigenvalue weighted by Crippen LogP contribution is 2.19. The second kappa shape index (κ2) is 8.62. The maximum Gasteiger partial charge on any atom is 0.251 e. The van der Waals surface area contributed by atoms with Gasteiger partial charge in [0, 0.05) is 35.5 Å². The largest absolute Gasteiger partial charge is 0.383 e. The quantitative estimate of drug-likeness (QED) is 0.507. The summed E-state index contributed by atoms with van der Waals surface area (Å²) in [6.45, 7) is 0.985. The Morgan fingerprint density at radius 3 is 1.92 bits per heavy atom. The van der Waals surface area contributed by atoms with Gasteiger partial charge in [0.2, 0.25) is 0 Å². The number of ketones is 1. The van der Waals surface area contributed by atoms with Crippen LogP contribution in [0.4, 0.5) is 5.69 Å². The van der Waals surface area contributed by atoms with Crippen molar-refractivity contribution < 1.29 is 9.59 Å². The van der Waals surface area contributed by atoms with Crippen molar-refractivity contribution in [1.82, 2.24) is 5.32 Å². The average molecular weight is 344 g/mol. The van der Waals surface area contributed by atoms with Gasteiger partial charge in [0.15, 0.2) is 5.78 Å². The van der Waals surface area contributed by atoms with E-state index in [2.05, 4.69) is 10.6 Å². The van der Waals surface area contributed by atoms with Crippen LogP contribution in [0.1, 0.15) is 26.3 Å². The fourth-order valence-corrected chi connectivity index (χ4v) is 2.65. The lowest BCUT2D eigenvalue weighted by Gasteiger charge is -2.12. The van der Waals surface area contributed by atoms with Crippen molar-refractivity contribution in [3.05, 3.63) is 102 Å². The minimum Gasteiger partial charge on any atom is -0.383 e. The van der Waals surface area contributed by atoms with Crippen molar-refractivity contribution in [2.45, 2.75) is 0 Å². The monoisotopic (exact) mass is 344 g/mol. The third-order valence-electron chi connectivity index (χ3n) is 3.97. The maximum atomic E-state index is 12.7. The molecular formula is C22H20N2O2. The molecule has 0 aliphatic rings. The topological polar surface area (TPSA) is 58.2 Å². The lowest BCUT2D eigenvalue weighted by molar-refractivity contribution is 0.0954. The first-order valence-corrected chi connectivity index (χ1v) is 8.51. The zero-order valence-corrected chi connectivity index (χ0v) is 14.3. The van der Waals surface area contributed by atoms with Crippen molar-refractivity contribution in [2.24, 2.45) is 0 Å². The van der Waals surface area contributed by atoms with Gasteiger partial charge >= 0.3 is 0 Å². The number of nitrogens with one attached hydrogen (secondary N) is 2. The molecule has 3 rings (SSSR count). The number of para-hydroxylation sites is 1. The second-order valence-electron chi connectivity index (χ2n) is 5.79.